The van der Waals surface area contributed by atoms with Crippen molar-refractivity contribution in [2.24, 2.45) is 0 Å². The third kappa shape index (κ3) is 6.57. The minimum atomic E-state index is -3.62. The summed E-state index contributed by atoms with van der Waals surface area (Å²) in [7, 11) is -3.62. The quantitative estimate of drug-likeness (QED) is 0.456. The van der Waals surface area contributed by atoms with Crippen molar-refractivity contribution in [3.63, 3.8) is 0 Å². The summed E-state index contributed by atoms with van der Waals surface area (Å²) in [5.74, 6) is -0.282. The summed E-state index contributed by atoms with van der Waals surface area (Å²) in [4.78, 5) is 11.4. The maximum Gasteiger partial charge on any atom is 0.244 e. The van der Waals surface area contributed by atoms with E-state index in [4.69, 9.17) is 11.6 Å². The van der Waals surface area contributed by atoms with Crippen LogP contribution < -0.4 is 10.0 Å². The lowest BCUT2D eigenvalue weighted by Gasteiger charge is -2.07. The monoisotopic (exact) mass is 328 g/mol. The van der Waals surface area contributed by atoms with Crippen LogP contribution >= 0.6 is 11.6 Å². The van der Waals surface area contributed by atoms with E-state index in [1.54, 1.807) is 30.4 Å². The molecule has 0 fully saturated rings. The number of sulfonamides is 1. The van der Waals surface area contributed by atoms with Crippen molar-refractivity contribution in [1.82, 2.24) is 10.0 Å². The molecule has 0 heterocycles. The molecule has 0 unspecified atom stereocenters. The molecular weight excluding hydrogens is 312 g/mol. The zero-order valence-corrected chi connectivity index (χ0v) is 13.1. The first-order valence-electron chi connectivity index (χ1n) is 6.28. The van der Waals surface area contributed by atoms with Crippen molar-refractivity contribution < 1.29 is 13.2 Å². The molecule has 114 valence electrons. The van der Waals surface area contributed by atoms with Crippen LogP contribution in [0.5, 0.6) is 0 Å². The van der Waals surface area contributed by atoms with E-state index in [-0.39, 0.29) is 23.9 Å². The molecule has 0 saturated carbocycles. The van der Waals surface area contributed by atoms with Gasteiger partial charge in [0.05, 0.1) is 4.90 Å². The van der Waals surface area contributed by atoms with Gasteiger partial charge in [-0.15, -0.1) is 0 Å². The van der Waals surface area contributed by atoms with Gasteiger partial charge >= 0.3 is 0 Å². The molecule has 0 aliphatic carbocycles. The minimum Gasteiger partial charge on any atom is -0.351 e. The van der Waals surface area contributed by atoms with Crippen molar-refractivity contribution in [2.45, 2.75) is 11.8 Å². The predicted molar refractivity (Wildman–Crippen MR) is 83.6 cm³/mol. The molecule has 5 nitrogen and oxygen atoms in total. The van der Waals surface area contributed by atoms with E-state index in [0.29, 0.717) is 5.02 Å². The standard InChI is InChI=1S/C14H17ClN2O3S/c1-2-3-4-8-14(18)16-9-10-17-21(19,20)13-7-5-6-12(15)11-13/h2-8,11,17H,9-10H2,1H3,(H,16,18)/b3-2+,8-4+. The molecule has 0 aliphatic rings. The van der Waals surface area contributed by atoms with Gasteiger partial charge in [0, 0.05) is 24.2 Å². The summed E-state index contributed by atoms with van der Waals surface area (Å²) < 4.78 is 26.3. The molecule has 0 bridgehead atoms. The van der Waals surface area contributed by atoms with E-state index in [1.807, 2.05) is 6.92 Å². The lowest BCUT2D eigenvalue weighted by atomic mass is 10.4. The molecule has 7 heteroatoms. The zero-order valence-electron chi connectivity index (χ0n) is 11.5. The SMILES string of the molecule is C/C=C/C=C/C(=O)NCCNS(=O)(=O)c1cccc(Cl)c1. The summed E-state index contributed by atoms with van der Waals surface area (Å²) in [6.45, 7) is 2.13. The highest BCUT2D eigenvalue weighted by Crippen LogP contribution is 2.14. The Labute approximate surface area is 129 Å². The van der Waals surface area contributed by atoms with Crippen molar-refractivity contribution in [3.05, 3.63) is 53.6 Å². The minimum absolute atomic E-state index is 0.0919. The molecule has 0 aromatic heterocycles. The van der Waals surface area contributed by atoms with Gasteiger partial charge in [0.25, 0.3) is 0 Å². The van der Waals surface area contributed by atoms with Crippen molar-refractivity contribution in [2.75, 3.05) is 13.1 Å². The number of allylic oxidation sites excluding steroid dienone is 3. The molecule has 1 amide bonds. The normalized spacial score (nSPS) is 12.1. The Morgan fingerprint density at radius 1 is 1.29 bits per heavy atom. The number of hydrogen-bond donors (Lipinski definition) is 2. The molecule has 0 saturated heterocycles. The van der Waals surface area contributed by atoms with Crippen molar-refractivity contribution in [1.29, 1.82) is 0 Å². The fraction of sp³-hybridized carbons (Fsp3) is 0.214. The number of carbonyl (C=O) groups is 1. The van der Waals surface area contributed by atoms with Crippen molar-refractivity contribution in [3.8, 4) is 0 Å². The average Bonchev–Trinajstić information content (AvgIpc) is 2.44. The molecule has 1 aromatic rings. The maximum absolute atomic E-state index is 11.9. The number of benzene rings is 1. The Morgan fingerprint density at radius 3 is 2.71 bits per heavy atom. The highest BCUT2D eigenvalue weighted by molar-refractivity contribution is 7.89. The number of rotatable bonds is 7. The first kappa shape index (κ1) is 17.4. The number of nitrogens with one attached hydrogen (secondary N) is 2. The third-order valence-corrected chi connectivity index (χ3v) is 4.07. The van der Waals surface area contributed by atoms with Gasteiger partial charge in [-0.05, 0) is 25.1 Å². The molecule has 0 spiro atoms. The smallest absolute Gasteiger partial charge is 0.244 e. The summed E-state index contributed by atoms with van der Waals surface area (Å²) in [6, 6.07) is 5.97. The maximum atomic E-state index is 11.9. The van der Waals surface area contributed by atoms with E-state index < -0.39 is 10.0 Å². The lowest BCUT2D eigenvalue weighted by Crippen LogP contribution is -2.34. The Balaban J connectivity index is 2.43. The van der Waals surface area contributed by atoms with Gasteiger partial charge < -0.3 is 5.32 Å². The van der Waals surface area contributed by atoms with E-state index >= 15 is 0 Å². The number of amides is 1. The molecule has 0 aliphatic heterocycles. The third-order valence-electron chi connectivity index (χ3n) is 2.37. The van der Waals surface area contributed by atoms with Gasteiger partial charge in [-0.2, -0.15) is 0 Å². The molecule has 1 rings (SSSR count). The number of carbonyl (C=O) groups excluding carboxylic acids is 1. The molecule has 0 radical (unpaired) electrons. The largest absolute Gasteiger partial charge is 0.351 e. The lowest BCUT2D eigenvalue weighted by molar-refractivity contribution is -0.116. The Hall–Kier alpha value is -1.63. The second-order valence-corrected chi connectivity index (χ2v) is 6.23. The van der Waals surface area contributed by atoms with Gasteiger partial charge in [0.15, 0.2) is 0 Å². The first-order valence-corrected chi connectivity index (χ1v) is 8.14. The van der Waals surface area contributed by atoms with Crippen molar-refractivity contribution >= 4 is 27.5 Å². The molecule has 0 atom stereocenters. The predicted octanol–water partition coefficient (Wildman–Crippen LogP) is 1.87. The Morgan fingerprint density at radius 2 is 2.05 bits per heavy atom. The van der Waals surface area contributed by atoms with Crippen LogP contribution in [0.25, 0.3) is 0 Å². The van der Waals surface area contributed by atoms with E-state index in [0.717, 1.165) is 0 Å². The average molecular weight is 329 g/mol. The van der Waals surface area contributed by atoms with Crippen LogP contribution in [-0.2, 0) is 14.8 Å². The van der Waals surface area contributed by atoms with Crippen LogP contribution in [0, 0.1) is 0 Å². The van der Waals surface area contributed by atoms with Crippen LogP contribution in [0.2, 0.25) is 5.02 Å². The van der Waals surface area contributed by atoms with Gasteiger partial charge in [-0.25, -0.2) is 13.1 Å². The summed E-state index contributed by atoms with van der Waals surface area (Å²) in [5.41, 5.74) is 0. The highest BCUT2D eigenvalue weighted by atomic mass is 35.5. The second kappa shape index (κ2) is 8.61. The number of hydrogen-bond acceptors (Lipinski definition) is 3. The topological polar surface area (TPSA) is 75.3 Å². The molecular formula is C14H17ClN2O3S. The van der Waals surface area contributed by atoms with Crippen LogP contribution in [0.1, 0.15) is 6.92 Å². The first-order chi connectivity index (χ1) is 9.95. The van der Waals surface area contributed by atoms with Crippen LogP contribution in [0.4, 0.5) is 0 Å². The molecule has 1 aromatic carbocycles. The summed E-state index contributed by atoms with van der Waals surface area (Å²) in [5, 5.41) is 2.91. The van der Waals surface area contributed by atoms with Crippen LogP contribution in [-0.4, -0.2) is 27.4 Å². The molecule has 2 N–H and O–H groups in total. The van der Waals surface area contributed by atoms with E-state index in [1.165, 1.54) is 18.2 Å². The van der Waals surface area contributed by atoms with Crippen LogP contribution in [0.3, 0.4) is 0 Å². The fourth-order valence-corrected chi connectivity index (χ4v) is 2.73. The summed E-state index contributed by atoms with van der Waals surface area (Å²) in [6.07, 6.45) is 6.49. The van der Waals surface area contributed by atoms with E-state index in [9.17, 15) is 13.2 Å². The van der Waals surface area contributed by atoms with Gasteiger partial charge in [0.1, 0.15) is 0 Å². The number of halogens is 1. The van der Waals surface area contributed by atoms with Crippen LogP contribution in [0.15, 0.2) is 53.5 Å². The van der Waals surface area contributed by atoms with E-state index in [2.05, 4.69) is 10.0 Å². The van der Waals surface area contributed by atoms with Gasteiger partial charge in [-0.3, -0.25) is 4.79 Å². The van der Waals surface area contributed by atoms with Gasteiger partial charge in [-0.1, -0.05) is 35.9 Å². The summed E-state index contributed by atoms with van der Waals surface area (Å²) >= 11 is 5.75. The fourth-order valence-electron chi connectivity index (χ4n) is 1.40. The Bertz CT molecular complexity index is 639. The zero-order chi connectivity index (χ0) is 15.7. The Kier molecular flexibility index (Phi) is 7.14. The molecule has 21 heavy (non-hydrogen) atoms. The van der Waals surface area contributed by atoms with Gasteiger partial charge in [0.2, 0.25) is 15.9 Å². The second-order valence-electron chi connectivity index (χ2n) is 4.03. The highest BCUT2D eigenvalue weighted by Gasteiger charge is 2.13.